The predicted molar refractivity (Wildman–Crippen MR) is 74.1 cm³/mol. The van der Waals surface area contributed by atoms with Crippen LogP contribution in [0.25, 0.3) is 10.8 Å². The lowest BCUT2D eigenvalue weighted by atomic mass is 10.1. The molecule has 0 bridgehead atoms. The third-order valence-electron chi connectivity index (χ3n) is 2.84. The zero-order valence-corrected chi connectivity index (χ0v) is 10.1. The Balaban J connectivity index is 1.86. The molecule has 0 aliphatic heterocycles. The van der Waals surface area contributed by atoms with E-state index in [0.29, 0.717) is 11.2 Å². The van der Waals surface area contributed by atoms with Crippen molar-refractivity contribution in [2.24, 2.45) is 0 Å². The number of nitrogens with one attached hydrogen (secondary N) is 2. The van der Waals surface area contributed by atoms with Crippen LogP contribution in [-0.2, 0) is 0 Å². The number of hydrogen-bond donors (Lipinski definition) is 2. The first kappa shape index (κ1) is 10.5. The van der Waals surface area contributed by atoms with Gasteiger partial charge in [0.2, 0.25) is 0 Å². The van der Waals surface area contributed by atoms with Crippen molar-refractivity contribution in [3.05, 3.63) is 36.7 Å². The minimum Gasteiger partial charge on any atom is -0.360 e. The summed E-state index contributed by atoms with van der Waals surface area (Å²) in [5.74, 6) is 0. The van der Waals surface area contributed by atoms with Crippen LogP contribution in [0.3, 0.4) is 0 Å². The van der Waals surface area contributed by atoms with Gasteiger partial charge in [-0.1, -0.05) is 12.1 Å². The van der Waals surface area contributed by atoms with Crippen LogP contribution < -0.4 is 10.6 Å². The Labute approximate surface area is 105 Å². The van der Waals surface area contributed by atoms with Gasteiger partial charge in [-0.25, -0.2) is 0 Å². The molecule has 0 atom stereocenters. The van der Waals surface area contributed by atoms with Gasteiger partial charge in [-0.05, 0) is 37.2 Å². The first-order valence-corrected chi connectivity index (χ1v) is 6.14. The molecular formula is C13H13N3S. The molecule has 1 aromatic carbocycles. The molecule has 1 saturated carbocycles. The zero-order chi connectivity index (χ0) is 11.7. The van der Waals surface area contributed by atoms with Crippen molar-refractivity contribution in [3.8, 4) is 0 Å². The molecule has 3 nitrogen and oxygen atoms in total. The van der Waals surface area contributed by atoms with Crippen molar-refractivity contribution >= 4 is 33.8 Å². The predicted octanol–water partition coefficient (Wildman–Crippen LogP) is 2.68. The van der Waals surface area contributed by atoms with Crippen molar-refractivity contribution in [3.63, 3.8) is 0 Å². The summed E-state index contributed by atoms with van der Waals surface area (Å²) in [7, 11) is 0. The molecule has 0 saturated heterocycles. The van der Waals surface area contributed by atoms with Crippen LogP contribution >= 0.6 is 12.2 Å². The van der Waals surface area contributed by atoms with Crippen LogP contribution in [0, 0.1) is 0 Å². The summed E-state index contributed by atoms with van der Waals surface area (Å²) in [5.41, 5.74) is 1.03. The quantitative estimate of drug-likeness (QED) is 0.795. The fourth-order valence-electron chi connectivity index (χ4n) is 1.80. The Morgan fingerprint density at radius 1 is 1.29 bits per heavy atom. The van der Waals surface area contributed by atoms with E-state index in [1.54, 1.807) is 6.20 Å². The molecule has 3 rings (SSSR count). The van der Waals surface area contributed by atoms with E-state index >= 15 is 0 Å². The number of benzene rings is 1. The summed E-state index contributed by atoms with van der Waals surface area (Å²) in [4.78, 5) is 4.12. The lowest BCUT2D eigenvalue weighted by Gasteiger charge is -2.11. The number of fused-ring (bicyclic) bond motifs is 1. The van der Waals surface area contributed by atoms with Gasteiger partial charge in [0.25, 0.3) is 0 Å². The van der Waals surface area contributed by atoms with E-state index in [4.69, 9.17) is 12.2 Å². The second-order valence-electron chi connectivity index (χ2n) is 4.28. The van der Waals surface area contributed by atoms with Gasteiger partial charge in [0.1, 0.15) is 0 Å². The maximum atomic E-state index is 5.28. The molecule has 4 heteroatoms. The third kappa shape index (κ3) is 2.36. The molecule has 1 heterocycles. The van der Waals surface area contributed by atoms with Gasteiger partial charge in [0, 0.05) is 34.9 Å². The number of nitrogens with zero attached hydrogens (tertiary/aromatic N) is 1. The monoisotopic (exact) mass is 243 g/mol. The maximum Gasteiger partial charge on any atom is 0.171 e. The molecule has 0 amide bonds. The largest absolute Gasteiger partial charge is 0.360 e. The second kappa shape index (κ2) is 4.30. The first-order chi connectivity index (χ1) is 8.33. The van der Waals surface area contributed by atoms with Gasteiger partial charge < -0.3 is 10.6 Å². The third-order valence-corrected chi connectivity index (χ3v) is 3.06. The number of aromatic nitrogens is 1. The number of anilines is 1. The van der Waals surface area contributed by atoms with Crippen molar-refractivity contribution in [1.82, 2.24) is 10.3 Å². The number of thiocarbonyl (C=S) groups is 1. The summed E-state index contributed by atoms with van der Waals surface area (Å²) >= 11 is 5.28. The SMILES string of the molecule is S=C(Nc1cccc2cnccc12)NC1CC1. The Morgan fingerprint density at radius 3 is 3.00 bits per heavy atom. The van der Waals surface area contributed by atoms with Crippen LogP contribution in [0.1, 0.15) is 12.8 Å². The van der Waals surface area contributed by atoms with E-state index in [2.05, 4.69) is 15.6 Å². The van der Waals surface area contributed by atoms with Crippen molar-refractivity contribution in [2.75, 3.05) is 5.32 Å². The maximum absolute atomic E-state index is 5.28. The highest BCUT2D eigenvalue weighted by Crippen LogP contribution is 2.23. The second-order valence-corrected chi connectivity index (χ2v) is 4.68. The smallest absolute Gasteiger partial charge is 0.171 e. The van der Waals surface area contributed by atoms with Crippen LogP contribution in [-0.4, -0.2) is 16.1 Å². The normalized spacial score (nSPS) is 14.6. The molecule has 1 aliphatic rings. The zero-order valence-electron chi connectivity index (χ0n) is 9.31. The highest BCUT2D eigenvalue weighted by molar-refractivity contribution is 7.80. The van der Waals surface area contributed by atoms with E-state index in [1.165, 1.54) is 12.8 Å². The van der Waals surface area contributed by atoms with E-state index in [-0.39, 0.29) is 0 Å². The molecule has 0 unspecified atom stereocenters. The van der Waals surface area contributed by atoms with Crippen LogP contribution in [0.2, 0.25) is 0 Å². The van der Waals surface area contributed by atoms with Gasteiger partial charge in [-0.2, -0.15) is 0 Å². The Kier molecular flexibility index (Phi) is 2.65. The van der Waals surface area contributed by atoms with E-state index in [0.717, 1.165) is 16.5 Å². The lowest BCUT2D eigenvalue weighted by Crippen LogP contribution is -2.30. The molecule has 2 aromatic rings. The number of hydrogen-bond acceptors (Lipinski definition) is 2. The molecule has 1 aliphatic carbocycles. The minimum atomic E-state index is 0.576. The molecule has 17 heavy (non-hydrogen) atoms. The standard InChI is InChI=1S/C13H13N3S/c17-13(15-10-4-5-10)16-12-3-1-2-9-8-14-7-6-11(9)12/h1-3,6-8,10H,4-5H2,(H2,15,16,17). The van der Waals surface area contributed by atoms with E-state index in [9.17, 15) is 0 Å². The van der Waals surface area contributed by atoms with Crippen molar-refractivity contribution < 1.29 is 0 Å². The topological polar surface area (TPSA) is 37.0 Å². The van der Waals surface area contributed by atoms with E-state index < -0.39 is 0 Å². The molecule has 2 N–H and O–H groups in total. The summed E-state index contributed by atoms with van der Waals surface area (Å²) in [5, 5.41) is 9.48. The molecule has 0 spiro atoms. The summed E-state index contributed by atoms with van der Waals surface area (Å²) < 4.78 is 0. The summed E-state index contributed by atoms with van der Waals surface area (Å²) in [6.45, 7) is 0. The average molecular weight is 243 g/mol. The highest BCUT2D eigenvalue weighted by Gasteiger charge is 2.21. The van der Waals surface area contributed by atoms with Crippen LogP contribution in [0.15, 0.2) is 36.7 Å². The highest BCUT2D eigenvalue weighted by atomic mass is 32.1. The summed E-state index contributed by atoms with van der Waals surface area (Å²) in [6, 6.07) is 8.66. The minimum absolute atomic E-state index is 0.576. The molecule has 86 valence electrons. The summed E-state index contributed by atoms with van der Waals surface area (Å²) in [6.07, 6.45) is 6.10. The fraction of sp³-hybridized carbons (Fsp3) is 0.231. The number of rotatable bonds is 2. The van der Waals surface area contributed by atoms with E-state index in [1.807, 2.05) is 30.5 Å². The van der Waals surface area contributed by atoms with Gasteiger partial charge in [-0.3, -0.25) is 4.98 Å². The Morgan fingerprint density at radius 2 is 2.18 bits per heavy atom. The molecule has 0 radical (unpaired) electrons. The Bertz CT molecular complexity index is 558. The number of pyridine rings is 1. The van der Waals surface area contributed by atoms with Crippen LogP contribution in [0.5, 0.6) is 0 Å². The first-order valence-electron chi connectivity index (χ1n) is 5.73. The molecule has 1 fully saturated rings. The fourth-order valence-corrected chi connectivity index (χ4v) is 2.08. The average Bonchev–Trinajstić information content (AvgIpc) is 3.13. The van der Waals surface area contributed by atoms with Gasteiger partial charge in [0.15, 0.2) is 5.11 Å². The van der Waals surface area contributed by atoms with Crippen molar-refractivity contribution in [2.45, 2.75) is 18.9 Å². The van der Waals surface area contributed by atoms with Gasteiger partial charge in [-0.15, -0.1) is 0 Å². The van der Waals surface area contributed by atoms with Crippen LogP contribution in [0.4, 0.5) is 5.69 Å². The van der Waals surface area contributed by atoms with Gasteiger partial charge >= 0.3 is 0 Å². The molecule has 1 aromatic heterocycles. The Hall–Kier alpha value is -1.68. The molecular weight excluding hydrogens is 230 g/mol. The lowest BCUT2D eigenvalue weighted by molar-refractivity contribution is 0.919. The van der Waals surface area contributed by atoms with Gasteiger partial charge in [0.05, 0.1) is 0 Å². The van der Waals surface area contributed by atoms with Crippen molar-refractivity contribution in [1.29, 1.82) is 0 Å².